The molecule has 1 aliphatic heterocycles. The van der Waals surface area contributed by atoms with Gasteiger partial charge in [-0.2, -0.15) is 0 Å². The Kier molecular flexibility index (Phi) is 4.34. The molecule has 0 bridgehead atoms. The highest BCUT2D eigenvalue weighted by molar-refractivity contribution is 5.82. The topological polar surface area (TPSA) is 20.3 Å². The molecule has 2 rings (SSSR count). The zero-order valence-corrected chi connectivity index (χ0v) is 12.4. The minimum Gasteiger partial charge on any atom is -0.339 e. The van der Waals surface area contributed by atoms with Crippen molar-refractivity contribution < 1.29 is 4.79 Å². The lowest BCUT2D eigenvalue weighted by Crippen LogP contribution is -2.46. The summed E-state index contributed by atoms with van der Waals surface area (Å²) in [4.78, 5) is 14.9. The fourth-order valence-electron chi connectivity index (χ4n) is 3.59. The van der Waals surface area contributed by atoms with Gasteiger partial charge in [0.15, 0.2) is 0 Å². The van der Waals surface area contributed by atoms with Gasteiger partial charge in [0.25, 0.3) is 0 Å². The molecule has 0 aromatic heterocycles. The molecule has 2 fully saturated rings. The molecule has 1 amide bonds. The third-order valence-electron chi connectivity index (χ3n) is 5.22. The molecule has 2 aliphatic rings. The molecule has 0 aromatic rings. The van der Waals surface area contributed by atoms with Crippen molar-refractivity contribution in [2.24, 2.45) is 11.3 Å². The SMILES string of the molecule is CCC(C)(C)C(=O)N1CCCC1C1CCCCC1. The van der Waals surface area contributed by atoms with Crippen LogP contribution in [-0.4, -0.2) is 23.4 Å². The molecule has 2 heteroatoms. The van der Waals surface area contributed by atoms with Crippen molar-refractivity contribution >= 4 is 5.91 Å². The highest BCUT2D eigenvalue weighted by atomic mass is 16.2. The molecule has 0 N–H and O–H groups in total. The van der Waals surface area contributed by atoms with Gasteiger partial charge in [0.2, 0.25) is 5.91 Å². The molecule has 1 heterocycles. The van der Waals surface area contributed by atoms with Crippen LogP contribution in [-0.2, 0) is 4.79 Å². The summed E-state index contributed by atoms with van der Waals surface area (Å²) in [6.07, 6.45) is 10.3. The van der Waals surface area contributed by atoms with Gasteiger partial charge in [0.1, 0.15) is 0 Å². The van der Waals surface area contributed by atoms with Gasteiger partial charge in [-0.15, -0.1) is 0 Å². The van der Waals surface area contributed by atoms with Gasteiger partial charge in [-0.05, 0) is 38.0 Å². The van der Waals surface area contributed by atoms with Gasteiger partial charge in [-0.1, -0.05) is 40.0 Å². The molecule has 0 aromatic carbocycles. The quantitative estimate of drug-likeness (QED) is 0.742. The van der Waals surface area contributed by atoms with Crippen molar-refractivity contribution in [3.63, 3.8) is 0 Å². The van der Waals surface area contributed by atoms with E-state index in [2.05, 4.69) is 25.7 Å². The maximum atomic E-state index is 12.7. The Morgan fingerprint density at radius 2 is 1.78 bits per heavy atom. The van der Waals surface area contributed by atoms with Gasteiger partial charge >= 0.3 is 0 Å². The van der Waals surface area contributed by atoms with Gasteiger partial charge in [-0.25, -0.2) is 0 Å². The summed E-state index contributed by atoms with van der Waals surface area (Å²) in [6.45, 7) is 7.34. The van der Waals surface area contributed by atoms with E-state index in [0.717, 1.165) is 18.9 Å². The Labute approximate surface area is 112 Å². The maximum absolute atomic E-state index is 12.7. The van der Waals surface area contributed by atoms with Crippen molar-refractivity contribution in [2.45, 2.75) is 78.2 Å². The second-order valence-corrected chi connectivity index (χ2v) is 6.84. The van der Waals surface area contributed by atoms with E-state index in [4.69, 9.17) is 0 Å². The summed E-state index contributed by atoms with van der Waals surface area (Å²) in [7, 11) is 0. The zero-order valence-electron chi connectivity index (χ0n) is 12.4. The molecule has 1 aliphatic carbocycles. The van der Waals surface area contributed by atoms with Crippen LogP contribution in [0.15, 0.2) is 0 Å². The normalized spacial score (nSPS) is 26.6. The van der Waals surface area contributed by atoms with Crippen molar-refractivity contribution in [3.8, 4) is 0 Å². The lowest BCUT2D eigenvalue weighted by Gasteiger charge is -2.37. The van der Waals surface area contributed by atoms with Crippen molar-refractivity contribution in [3.05, 3.63) is 0 Å². The Morgan fingerprint density at radius 3 is 2.39 bits per heavy atom. The van der Waals surface area contributed by atoms with Crippen molar-refractivity contribution in [1.82, 2.24) is 4.90 Å². The van der Waals surface area contributed by atoms with Crippen LogP contribution in [0.2, 0.25) is 0 Å². The fraction of sp³-hybridized carbons (Fsp3) is 0.938. The van der Waals surface area contributed by atoms with Gasteiger partial charge < -0.3 is 4.90 Å². The van der Waals surface area contributed by atoms with Gasteiger partial charge in [-0.3, -0.25) is 4.79 Å². The molecule has 18 heavy (non-hydrogen) atoms. The summed E-state index contributed by atoms with van der Waals surface area (Å²) >= 11 is 0. The molecular weight excluding hydrogens is 222 g/mol. The number of hydrogen-bond acceptors (Lipinski definition) is 1. The van der Waals surface area contributed by atoms with E-state index in [0.29, 0.717) is 11.9 Å². The number of carbonyl (C=O) groups is 1. The minimum absolute atomic E-state index is 0.169. The first-order chi connectivity index (χ1) is 8.56. The first-order valence-electron chi connectivity index (χ1n) is 7.87. The van der Waals surface area contributed by atoms with Crippen LogP contribution < -0.4 is 0 Å². The highest BCUT2D eigenvalue weighted by Crippen LogP contribution is 2.36. The second kappa shape index (κ2) is 5.63. The molecular formula is C16H29NO. The summed E-state index contributed by atoms with van der Waals surface area (Å²) in [5, 5.41) is 0. The highest BCUT2D eigenvalue weighted by Gasteiger charge is 2.39. The maximum Gasteiger partial charge on any atom is 0.228 e. The Hall–Kier alpha value is -0.530. The van der Waals surface area contributed by atoms with Gasteiger partial charge in [0, 0.05) is 18.0 Å². The number of amides is 1. The monoisotopic (exact) mass is 251 g/mol. The third kappa shape index (κ3) is 2.73. The van der Waals surface area contributed by atoms with E-state index in [-0.39, 0.29) is 5.41 Å². The summed E-state index contributed by atoms with van der Waals surface area (Å²) in [6, 6.07) is 0.559. The van der Waals surface area contributed by atoms with E-state index < -0.39 is 0 Å². The Bertz CT molecular complexity index is 291. The van der Waals surface area contributed by atoms with Crippen LogP contribution in [0.4, 0.5) is 0 Å². The molecule has 0 radical (unpaired) electrons. The summed E-state index contributed by atoms with van der Waals surface area (Å²) < 4.78 is 0. The number of carbonyl (C=O) groups excluding carboxylic acids is 1. The zero-order chi connectivity index (χ0) is 13.2. The average Bonchev–Trinajstić information content (AvgIpc) is 2.87. The lowest BCUT2D eigenvalue weighted by atomic mass is 9.81. The van der Waals surface area contributed by atoms with Crippen LogP contribution in [0, 0.1) is 11.3 Å². The number of likely N-dealkylation sites (tertiary alicyclic amines) is 1. The third-order valence-corrected chi connectivity index (χ3v) is 5.22. The van der Waals surface area contributed by atoms with Crippen molar-refractivity contribution in [1.29, 1.82) is 0 Å². The Balaban J connectivity index is 2.04. The number of hydrogen-bond donors (Lipinski definition) is 0. The number of rotatable bonds is 3. The second-order valence-electron chi connectivity index (χ2n) is 6.84. The molecule has 1 saturated heterocycles. The van der Waals surface area contributed by atoms with E-state index >= 15 is 0 Å². The summed E-state index contributed by atoms with van der Waals surface area (Å²) in [5.74, 6) is 1.19. The van der Waals surface area contributed by atoms with E-state index in [1.165, 1.54) is 44.9 Å². The smallest absolute Gasteiger partial charge is 0.228 e. The molecule has 2 nitrogen and oxygen atoms in total. The number of nitrogens with zero attached hydrogens (tertiary/aromatic N) is 1. The average molecular weight is 251 g/mol. The van der Waals surface area contributed by atoms with Crippen LogP contribution >= 0.6 is 0 Å². The Morgan fingerprint density at radius 1 is 1.11 bits per heavy atom. The lowest BCUT2D eigenvalue weighted by molar-refractivity contribution is -0.142. The molecule has 1 unspecified atom stereocenters. The van der Waals surface area contributed by atoms with E-state index in [9.17, 15) is 4.79 Å². The predicted octanol–water partition coefficient (Wildman–Crippen LogP) is 3.99. The first-order valence-corrected chi connectivity index (χ1v) is 7.87. The summed E-state index contributed by atoms with van der Waals surface area (Å²) in [5.41, 5.74) is -0.169. The fourth-order valence-corrected chi connectivity index (χ4v) is 3.59. The molecule has 0 spiro atoms. The standard InChI is InChI=1S/C16H29NO/c1-4-16(2,3)15(18)17-12-8-11-14(17)13-9-6-5-7-10-13/h13-14H,4-12H2,1-3H3. The largest absolute Gasteiger partial charge is 0.339 e. The first kappa shape index (κ1) is 13.9. The van der Waals surface area contributed by atoms with Gasteiger partial charge in [0.05, 0.1) is 0 Å². The van der Waals surface area contributed by atoms with E-state index in [1.54, 1.807) is 0 Å². The molecule has 1 saturated carbocycles. The van der Waals surface area contributed by atoms with Crippen molar-refractivity contribution in [2.75, 3.05) is 6.54 Å². The predicted molar refractivity (Wildman–Crippen MR) is 75.4 cm³/mol. The van der Waals surface area contributed by atoms with Crippen LogP contribution in [0.1, 0.15) is 72.1 Å². The van der Waals surface area contributed by atoms with Crippen LogP contribution in [0.3, 0.4) is 0 Å². The minimum atomic E-state index is -0.169. The molecule has 1 atom stereocenters. The van der Waals surface area contributed by atoms with E-state index in [1.807, 2.05) is 0 Å². The van der Waals surface area contributed by atoms with Crippen LogP contribution in [0.5, 0.6) is 0 Å². The molecule has 104 valence electrons. The van der Waals surface area contributed by atoms with Crippen LogP contribution in [0.25, 0.3) is 0 Å².